The van der Waals surface area contributed by atoms with Gasteiger partial charge in [-0.3, -0.25) is 0 Å². The third kappa shape index (κ3) is 4.07. The van der Waals surface area contributed by atoms with Gasteiger partial charge in [0.15, 0.2) is 8.07 Å². The van der Waals surface area contributed by atoms with Gasteiger partial charge in [-0.1, -0.05) is 151 Å². The van der Waals surface area contributed by atoms with E-state index in [0.29, 0.717) is 0 Å². The van der Waals surface area contributed by atoms with E-state index in [0.717, 1.165) is 6.42 Å². The molecule has 1 nitrogen and oxygen atoms in total. The van der Waals surface area contributed by atoms with E-state index in [9.17, 15) is 0 Å². The van der Waals surface area contributed by atoms with Crippen LogP contribution < -0.4 is 15.6 Å². The largest absolute Gasteiger partial charge is 0.309 e. The molecule has 0 amide bonds. The average Bonchev–Trinajstić information content (AvgIpc) is 3.40. The van der Waals surface area contributed by atoms with Crippen LogP contribution in [-0.2, 0) is 4.75 Å². The Kier molecular flexibility index (Phi) is 6.25. The van der Waals surface area contributed by atoms with Crippen molar-refractivity contribution >= 4 is 58.1 Å². The van der Waals surface area contributed by atoms with Crippen LogP contribution in [0.1, 0.15) is 12.0 Å². The Hall–Kier alpha value is -4.57. The molecule has 43 heavy (non-hydrogen) atoms. The minimum absolute atomic E-state index is 0.272. The first-order valence-electron chi connectivity index (χ1n) is 14.9. The van der Waals surface area contributed by atoms with Crippen molar-refractivity contribution in [1.82, 2.24) is 4.57 Å². The molecule has 6 aromatic carbocycles. The summed E-state index contributed by atoms with van der Waals surface area (Å²) in [4.78, 5) is 0. The normalized spacial score (nSPS) is 16.6. The molecule has 1 aromatic heterocycles. The molecule has 1 heterocycles. The lowest BCUT2D eigenvalue weighted by molar-refractivity contribution is 0.709. The highest BCUT2D eigenvalue weighted by molar-refractivity contribution is 7.81. The Labute approximate surface area is 259 Å². The summed E-state index contributed by atoms with van der Waals surface area (Å²) in [6.45, 7) is 0. The first kappa shape index (κ1) is 26.1. The van der Waals surface area contributed by atoms with Crippen molar-refractivity contribution in [3.05, 3.63) is 181 Å². The molecule has 0 spiro atoms. The van der Waals surface area contributed by atoms with E-state index in [1.807, 2.05) is 0 Å². The summed E-state index contributed by atoms with van der Waals surface area (Å²) in [5.41, 5.74) is 4.90. The molecule has 0 fully saturated rings. The Morgan fingerprint density at radius 3 is 1.65 bits per heavy atom. The van der Waals surface area contributed by atoms with Gasteiger partial charge in [-0.25, -0.2) is 0 Å². The zero-order chi connectivity index (χ0) is 28.9. The summed E-state index contributed by atoms with van der Waals surface area (Å²) in [6.07, 6.45) is 3.38. The predicted molar refractivity (Wildman–Crippen MR) is 188 cm³/mol. The van der Waals surface area contributed by atoms with Crippen molar-refractivity contribution in [1.29, 1.82) is 0 Å². The van der Waals surface area contributed by atoms with Crippen LogP contribution in [0.25, 0.3) is 27.5 Å². The number of fused-ring (bicyclic) bond motifs is 3. The maximum absolute atomic E-state index is 5.29. The molecule has 1 aliphatic carbocycles. The Bertz CT molecular complexity index is 2060. The van der Waals surface area contributed by atoms with Crippen LogP contribution in [0.3, 0.4) is 0 Å². The third-order valence-electron chi connectivity index (χ3n) is 9.16. The summed E-state index contributed by atoms with van der Waals surface area (Å²) < 4.78 is 2.13. The van der Waals surface area contributed by atoms with Crippen LogP contribution in [0, 0.1) is 0 Å². The van der Waals surface area contributed by atoms with Crippen molar-refractivity contribution in [2.24, 2.45) is 0 Å². The second kappa shape index (κ2) is 10.3. The number of thiol groups is 1. The molecule has 0 saturated carbocycles. The zero-order valence-corrected chi connectivity index (χ0v) is 25.7. The lowest BCUT2D eigenvalue weighted by atomic mass is 9.86. The summed E-state index contributed by atoms with van der Waals surface area (Å²) in [6, 6.07) is 60.0. The molecular formula is C40H31NSSi. The van der Waals surface area contributed by atoms with Gasteiger partial charge in [-0.15, -0.1) is 0 Å². The first-order chi connectivity index (χ1) is 21.2. The van der Waals surface area contributed by atoms with Gasteiger partial charge in [0.05, 0.1) is 15.8 Å². The molecule has 0 radical (unpaired) electrons. The smallest absolute Gasteiger partial charge is 0.175 e. The fourth-order valence-corrected chi connectivity index (χ4v) is 13.1. The van der Waals surface area contributed by atoms with Gasteiger partial charge in [-0.2, -0.15) is 12.6 Å². The van der Waals surface area contributed by atoms with Crippen LogP contribution in [0.15, 0.2) is 175 Å². The molecule has 1 atom stereocenters. The summed E-state index contributed by atoms with van der Waals surface area (Å²) >= 11 is 5.29. The highest BCUT2D eigenvalue weighted by Crippen LogP contribution is 2.48. The van der Waals surface area contributed by atoms with E-state index >= 15 is 0 Å². The van der Waals surface area contributed by atoms with Crippen molar-refractivity contribution in [2.45, 2.75) is 11.2 Å². The summed E-state index contributed by atoms with van der Waals surface area (Å²) in [7, 11) is -2.63. The molecule has 0 N–H and O–H groups in total. The van der Waals surface area contributed by atoms with Gasteiger partial charge >= 0.3 is 0 Å². The quantitative estimate of drug-likeness (QED) is 0.115. The zero-order valence-electron chi connectivity index (χ0n) is 23.8. The molecule has 0 aliphatic heterocycles. The Balaban J connectivity index is 1.43. The average molecular weight is 586 g/mol. The number of hydrogen-bond acceptors (Lipinski definition) is 1. The maximum Gasteiger partial charge on any atom is 0.175 e. The summed E-state index contributed by atoms with van der Waals surface area (Å²) in [5, 5.41) is 8.30. The summed E-state index contributed by atoms with van der Waals surface area (Å²) in [5.74, 6) is 0. The number of nitrogens with zero attached hydrogens (tertiary/aromatic N) is 1. The number of rotatable bonds is 6. The van der Waals surface area contributed by atoms with E-state index in [2.05, 4.69) is 174 Å². The lowest BCUT2D eigenvalue weighted by Gasteiger charge is -2.46. The van der Waals surface area contributed by atoms with Crippen LogP contribution in [0.4, 0.5) is 0 Å². The van der Waals surface area contributed by atoms with Crippen LogP contribution >= 0.6 is 12.6 Å². The van der Waals surface area contributed by atoms with Crippen LogP contribution in [-0.4, -0.2) is 12.6 Å². The monoisotopic (exact) mass is 585 g/mol. The van der Waals surface area contributed by atoms with E-state index < -0.39 is 8.07 Å². The topological polar surface area (TPSA) is 4.93 Å². The number of para-hydroxylation sites is 2. The van der Waals surface area contributed by atoms with Gasteiger partial charge in [0.2, 0.25) is 0 Å². The molecule has 206 valence electrons. The van der Waals surface area contributed by atoms with Crippen molar-refractivity contribution < 1.29 is 0 Å². The van der Waals surface area contributed by atoms with E-state index in [1.54, 1.807) is 0 Å². The number of hydrogen-bond donors (Lipinski definition) is 1. The number of aromatic nitrogens is 1. The number of benzene rings is 6. The molecule has 1 aliphatic rings. The Morgan fingerprint density at radius 1 is 0.512 bits per heavy atom. The fraction of sp³-hybridized carbons (Fsp3) is 0.0500. The second-order valence-electron chi connectivity index (χ2n) is 11.5. The van der Waals surface area contributed by atoms with Gasteiger partial charge in [-0.05, 0) is 51.8 Å². The van der Waals surface area contributed by atoms with E-state index in [-0.39, 0.29) is 4.75 Å². The maximum atomic E-state index is 5.29. The fourth-order valence-electron chi connectivity index (χ4n) is 7.20. The predicted octanol–water partition coefficient (Wildman–Crippen LogP) is 7.95. The lowest BCUT2D eigenvalue weighted by Crippen LogP contribution is -2.70. The molecule has 7 aromatic rings. The van der Waals surface area contributed by atoms with Crippen molar-refractivity contribution in [3.8, 4) is 5.69 Å². The third-order valence-corrected chi connectivity index (χ3v) is 14.6. The van der Waals surface area contributed by atoms with E-state index in [4.69, 9.17) is 12.6 Å². The van der Waals surface area contributed by atoms with Gasteiger partial charge in [0, 0.05) is 16.5 Å². The molecule has 0 unspecified atom stereocenters. The van der Waals surface area contributed by atoms with Crippen molar-refractivity contribution in [3.63, 3.8) is 0 Å². The SMILES string of the molecule is S[C@]1(c2ccccc2)C=C([Si](c2ccccc2)(c2ccccc2)c2ccc3c(c2)c2ccccc2n3-c2ccccc2)C1. The Morgan fingerprint density at radius 2 is 1.02 bits per heavy atom. The second-order valence-corrected chi connectivity index (χ2v) is 16.2. The van der Waals surface area contributed by atoms with Gasteiger partial charge < -0.3 is 4.57 Å². The van der Waals surface area contributed by atoms with Crippen LogP contribution in [0.5, 0.6) is 0 Å². The van der Waals surface area contributed by atoms with Gasteiger partial charge in [0.25, 0.3) is 0 Å². The first-order valence-corrected chi connectivity index (χ1v) is 17.3. The van der Waals surface area contributed by atoms with E-state index in [1.165, 1.54) is 53.8 Å². The molecule has 8 rings (SSSR count). The van der Waals surface area contributed by atoms with Crippen LogP contribution in [0.2, 0.25) is 0 Å². The molecule has 3 heteroatoms. The number of allylic oxidation sites excluding steroid dienone is 1. The standard InChI is InChI=1S/C40H31NSSi/c42-40(30-15-5-1-6-16-30)28-35(29-40)43(32-19-9-3-10-20-32,33-21-11-4-12-22-33)34-25-26-39-37(27-34)36-23-13-14-24-38(36)41(39)31-17-7-2-8-18-31/h1-28,42H,29H2/t40-/m1/s1. The van der Waals surface area contributed by atoms with Crippen molar-refractivity contribution in [2.75, 3.05) is 0 Å². The minimum Gasteiger partial charge on any atom is -0.309 e. The highest BCUT2D eigenvalue weighted by Gasteiger charge is 2.50. The van der Waals surface area contributed by atoms with Gasteiger partial charge in [0.1, 0.15) is 0 Å². The molecular weight excluding hydrogens is 555 g/mol. The molecule has 0 saturated heterocycles. The highest BCUT2D eigenvalue weighted by atomic mass is 32.1. The minimum atomic E-state index is -2.63. The molecule has 0 bridgehead atoms.